The lowest BCUT2D eigenvalue weighted by Gasteiger charge is -2.13. The molecule has 0 aliphatic heterocycles. The summed E-state index contributed by atoms with van der Waals surface area (Å²) in [6.45, 7) is 3.68. The topological polar surface area (TPSA) is 38.7 Å². The Balaban J connectivity index is 3.24. The highest BCUT2D eigenvalue weighted by Crippen LogP contribution is 2.38. The summed E-state index contributed by atoms with van der Waals surface area (Å²) < 4.78 is 43.2. The van der Waals surface area contributed by atoms with E-state index in [1.165, 1.54) is 6.07 Å². The molecule has 17 heavy (non-hydrogen) atoms. The average molecular weight is 261 g/mol. The van der Waals surface area contributed by atoms with Gasteiger partial charge in [0.15, 0.2) is 0 Å². The van der Waals surface area contributed by atoms with Gasteiger partial charge in [0.05, 0.1) is 11.3 Å². The fraction of sp³-hybridized carbons (Fsp3) is 0.300. The first-order valence-electron chi connectivity index (χ1n) is 4.80. The molecular formula is C10H10F3NO2Si. The van der Waals surface area contributed by atoms with Crippen LogP contribution in [-0.4, -0.2) is 15.1 Å². The van der Waals surface area contributed by atoms with Crippen molar-refractivity contribution in [2.75, 3.05) is 0 Å². The van der Waals surface area contributed by atoms with Crippen LogP contribution in [0.4, 0.5) is 18.9 Å². The van der Waals surface area contributed by atoms with Crippen LogP contribution >= 0.6 is 0 Å². The fourth-order valence-corrected chi connectivity index (χ4v) is 1.93. The van der Waals surface area contributed by atoms with Gasteiger partial charge >= 0.3 is 6.18 Å². The molecule has 1 aromatic carbocycles. The van der Waals surface area contributed by atoms with Crippen molar-refractivity contribution >= 4 is 20.8 Å². The Kier molecular flexibility index (Phi) is 4.09. The van der Waals surface area contributed by atoms with Gasteiger partial charge in [-0.3, -0.25) is 0 Å². The van der Waals surface area contributed by atoms with Crippen molar-refractivity contribution < 1.29 is 22.4 Å². The molecule has 0 radical (unpaired) electrons. The van der Waals surface area contributed by atoms with Crippen LogP contribution in [0.2, 0.25) is 13.1 Å². The summed E-state index contributed by atoms with van der Waals surface area (Å²) in [7, 11) is -1.48. The zero-order valence-corrected chi connectivity index (χ0v) is 10.4. The summed E-state index contributed by atoms with van der Waals surface area (Å²) in [6, 6.07) is 3.31. The highest BCUT2D eigenvalue weighted by molar-refractivity contribution is 6.49. The van der Waals surface area contributed by atoms with Crippen LogP contribution in [0.15, 0.2) is 23.2 Å². The Morgan fingerprint density at radius 3 is 2.47 bits per heavy atom. The van der Waals surface area contributed by atoms with Crippen LogP contribution < -0.4 is 4.43 Å². The highest BCUT2D eigenvalue weighted by atomic mass is 28.3. The molecule has 0 heterocycles. The van der Waals surface area contributed by atoms with Crippen molar-refractivity contribution in [3.63, 3.8) is 0 Å². The minimum atomic E-state index is -4.58. The number of nitrogens with zero attached hydrogens (tertiary/aromatic N) is 1. The van der Waals surface area contributed by atoms with Crippen LogP contribution in [0.3, 0.4) is 0 Å². The lowest BCUT2D eigenvalue weighted by atomic mass is 10.1. The number of alkyl halides is 3. The SMILES string of the molecule is C[SiH](C)Oc1ccc(N=C=O)c(C(F)(F)F)c1. The van der Waals surface area contributed by atoms with E-state index in [2.05, 4.69) is 4.99 Å². The molecule has 3 nitrogen and oxygen atoms in total. The van der Waals surface area contributed by atoms with Gasteiger partial charge in [0.2, 0.25) is 15.1 Å². The first-order valence-corrected chi connectivity index (χ1v) is 7.58. The van der Waals surface area contributed by atoms with Gasteiger partial charge in [-0.2, -0.15) is 18.2 Å². The van der Waals surface area contributed by atoms with Gasteiger partial charge in [-0.1, -0.05) is 0 Å². The highest BCUT2D eigenvalue weighted by Gasteiger charge is 2.34. The quantitative estimate of drug-likeness (QED) is 0.476. The summed E-state index contributed by atoms with van der Waals surface area (Å²) in [6.07, 6.45) is -3.48. The van der Waals surface area contributed by atoms with Gasteiger partial charge in [0, 0.05) is 0 Å². The molecule has 0 atom stereocenters. The first-order chi connectivity index (χ1) is 7.84. The number of hydrogen-bond donors (Lipinski definition) is 0. The molecule has 0 N–H and O–H groups in total. The molecular weight excluding hydrogens is 251 g/mol. The molecule has 0 amide bonds. The maximum Gasteiger partial charge on any atom is 0.418 e. The Morgan fingerprint density at radius 2 is 2.00 bits per heavy atom. The van der Waals surface area contributed by atoms with E-state index in [1.807, 2.05) is 13.1 Å². The van der Waals surface area contributed by atoms with Crippen LogP contribution in [0.25, 0.3) is 0 Å². The van der Waals surface area contributed by atoms with Crippen molar-refractivity contribution in [3.05, 3.63) is 23.8 Å². The number of hydrogen-bond acceptors (Lipinski definition) is 3. The molecule has 0 spiro atoms. The Morgan fingerprint density at radius 1 is 1.35 bits per heavy atom. The maximum absolute atomic E-state index is 12.7. The van der Waals surface area contributed by atoms with Gasteiger partial charge in [0.25, 0.3) is 0 Å². The lowest BCUT2D eigenvalue weighted by Crippen LogP contribution is -2.12. The van der Waals surface area contributed by atoms with Gasteiger partial charge in [-0.15, -0.1) is 0 Å². The molecule has 1 rings (SSSR count). The number of aliphatic imine (C=N–C) groups is 1. The third kappa shape index (κ3) is 3.72. The monoisotopic (exact) mass is 261 g/mol. The van der Waals surface area contributed by atoms with Crippen molar-refractivity contribution in [2.45, 2.75) is 19.3 Å². The molecule has 0 aromatic heterocycles. The van der Waals surface area contributed by atoms with Crippen molar-refractivity contribution in [1.82, 2.24) is 0 Å². The predicted molar refractivity (Wildman–Crippen MR) is 58.7 cm³/mol. The van der Waals surface area contributed by atoms with E-state index in [4.69, 9.17) is 4.43 Å². The summed E-state index contributed by atoms with van der Waals surface area (Å²) in [4.78, 5) is 13.1. The lowest BCUT2D eigenvalue weighted by molar-refractivity contribution is -0.137. The van der Waals surface area contributed by atoms with Crippen LogP contribution in [0, 0.1) is 0 Å². The molecule has 1 aromatic rings. The largest absolute Gasteiger partial charge is 0.547 e. The van der Waals surface area contributed by atoms with Gasteiger partial charge in [-0.05, 0) is 31.3 Å². The third-order valence-corrected chi connectivity index (χ3v) is 2.55. The average Bonchev–Trinajstić information content (AvgIpc) is 2.18. The van der Waals surface area contributed by atoms with E-state index in [-0.39, 0.29) is 5.75 Å². The molecule has 0 unspecified atom stereocenters. The fourth-order valence-electron chi connectivity index (χ4n) is 1.23. The van der Waals surface area contributed by atoms with E-state index in [1.54, 1.807) is 0 Å². The maximum atomic E-state index is 12.7. The minimum Gasteiger partial charge on any atom is -0.547 e. The standard InChI is InChI=1S/C10H10F3NO2Si/c1-17(2)16-7-3-4-9(14-6-15)8(5-7)10(11,12)13/h3-5,17H,1-2H3. The molecule has 0 fully saturated rings. The molecule has 7 heteroatoms. The van der Waals surface area contributed by atoms with Crippen molar-refractivity contribution in [1.29, 1.82) is 0 Å². The predicted octanol–water partition coefficient (Wildman–Crippen LogP) is 3.03. The summed E-state index contributed by atoms with van der Waals surface area (Å²) in [5.41, 5.74) is -1.45. The number of halogens is 3. The van der Waals surface area contributed by atoms with E-state index in [9.17, 15) is 18.0 Å². The van der Waals surface area contributed by atoms with E-state index in [0.29, 0.717) is 0 Å². The zero-order chi connectivity index (χ0) is 13.1. The minimum absolute atomic E-state index is 0.142. The zero-order valence-electron chi connectivity index (χ0n) is 9.21. The molecule has 0 saturated carbocycles. The van der Waals surface area contributed by atoms with Crippen LogP contribution in [0.5, 0.6) is 5.75 Å². The summed E-state index contributed by atoms with van der Waals surface area (Å²) >= 11 is 0. The smallest absolute Gasteiger partial charge is 0.418 e. The summed E-state index contributed by atoms with van der Waals surface area (Å²) in [5.74, 6) is 0.142. The van der Waals surface area contributed by atoms with Crippen molar-refractivity contribution in [3.8, 4) is 5.75 Å². The Labute approximate surface area is 97.7 Å². The van der Waals surface area contributed by atoms with Gasteiger partial charge in [-0.25, -0.2) is 4.79 Å². The molecule has 92 valence electrons. The van der Waals surface area contributed by atoms with Crippen LogP contribution in [0.1, 0.15) is 5.56 Å². The molecule has 0 saturated heterocycles. The first kappa shape index (κ1) is 13.5. The van der Waals surface area contributed by atoms with E-state index in [0.717, 1.165) is 18.2 Å². The number of carbonyl (C=O) groups excluding carboxylic acids is 1. The Bertz CT molecular complexity index is 453. The van der Waals surface area contributed by atoms with Crippen LogP contribution in [-0.2, 0) is 11.0 Å². The Hall–Kier alpha value is -1.59. The second kappa shape index (κ2) is 5.16. The molecule has 0 aliphatic carbocycles. The number of benzene rings is 1. The normalized spacial score (nSPS) is 11.2. The summed E-state index contributed by atoms with van der Waals surface area (Å²) in [5, 5.41) is 0. The third-order valence-electron chi connectivity index (χ3n) is 1.81. The number of rotatable bonds is 3. The van der Waals surface area contributed by atoms with Gasteiger partial charge < -0.3 is 4.43 Å². The molecule has 0 aliphatic rings. The number of isocyanates is 1. The second-order valence-corrected chi connectivity index (χ2v) is 5.88. The van der Waals surface area contributed by atoms with Crippen molar-refractivity contribution in [2.24, 2.45) is 4.99 Å². The van der Waals surface area contributed by atoms with E-state index >= 15 is 0 Å². The molecule has 0 bridgehead atoms. The van der Waals surface area contributed by atoms with E-state index < -0.39 is 26.5 Å². The second-order valence-electron chi connectivity index (χ2n) is 3.55. The van der Waals surface area contributed by atoms with Gasteiger partial charge in [0.1, 0.15) is 5.75 Å².